The molecule has 2 N–H and O–H groups in total. The van der Waals surface area contributed by atoms with Crippen molar-refractivity contribution in [1.29, 1.82) is 5.26 Å². The van der Waals surface area contributed by atoms with Gasteiger partial charge < -0.3 is 20.1 Å². The smallest absolute Gasteiger partial charge is 0.323 e. The van der Waals surface area contributed by atoms with Gasteiger partial charge in [-0.1, -0.05) is 30.3 Å². The number of rotatable bonds is 8. The molecule has 0 unspecified atom stereocenters. The summed E-state index contributed by atoms with van der Waals surface area (Å²) in [5.41, 5.74) is 3.39. The monoisotopic (exact) mass is 628 g/mol. The number of nitrogens with zero attached hydrogens (tertiary/aromatic N) is 10. The molecule has 0 bridgehead atoms. The molecular weight excluding hydrogens is 592 g/mol. The van der Waals surface area contributed by atoms with E-state index in [1.807, 2.05) is 66.8 Å². The summed E-state index contributed by atoms with van der Waals surface area (Å²) in [4.78, 5) is 36.1. The lowest BCUT2D eigenvalue weighted by atomic mass is 9.90. The van der Waals surface area contributed by atoms with Crippen LogP contribution in [0.25, 0.3) is 11.1 Å². The Morgan fingerprint density at radius 1 is 1.00 bits per heavy atom. The quantitative estimate of drug-likeness (QED) is 0.254. The lowest BCUT2D eigenvalue weighted by molar-refractivity contribution is 0.240. The average Bonchev–Trinajstić information content (AvgIpc) is 3.77. The third-order valence-electron chi connectivity index (χ3n) is 8.87. The minimum absolute atomic E-state index is 0.0323. The van der Waals surface area contributed by atoms with Crippen molar-refractivity contribution in [2.45, 2.75) is 57.4 Å². The van der Waals surface area contributed by atoms with Crippen LogP contribution in [0.3, 0.4) is 0 Å². The summed E-state index contributed by atoms with van der Waals surface area (Å²) in [7, 11) is 1.88. The zero-order valence-corrected chi connectivity index (χ0v) is 26.2. The molecule has 7 rings (SSSR count). The van der Waals surface area contributed by atoms with Crippen molar-refractivity contribution in [3.63, 3.8) is 0 Å². The molecule has 1 fully saturated rings. The Bertz CT molecular complexity index is 1870. The highest BCUT2D eigenvalue weighted by Crippen LogP contribution is 2.30. The van der Waals surface area contributed by atoms with E-state index in [4.69, 9.17) is 9.97 Å². The van der Waals surface area contributed by atoms with E-state index in [0.29, 0.717) is 36.2 Å². The maximum Gasteiger partial charge on any atom is 0.323 e. The predicted octanol–water partition coefficient (Wildman–Crippen LogP) is 4.50. The number of nitrogens with one attached hydrogen (secondary N) is 2. The van der Waals surface area contributed by atoms with E-state index in [-0.39, 0.29) is 18.1 Å². The van der Waals surface area contributed by atoms with E-state index < -0.39 is 0 Å². The van der Waals surface area contributed by atoms with Crippen LogP contribution in [0.2, 0.25) is 0 Å². The first-order chi connectivity index (χ1) is 23.0. The summed E-state index contributed by atoms with van der Waals surface area (Å²) >= 11 is 0. The number of aryl methyl sites for hydroxylation is 1. The van der Waals surface area contributed by atoms with Gasteiger partial charge >= 0.3 is 6.03 Å². The van der Waals surface area contributed by atoms with Crippen molar-refractivity contribution in [3.05, 3.63) is 96.6 Å². The number of anilines is 3. The van der Waals surface area contributed by atoms with Crippen LogP contribution in [0.4, 0.5) is 22.4 Å². The van der Waals surface area contributed by atoms with Crippen LogP contribution in [-0.2, 0) is 26.7 Å². The van der Waals surface area contributed by atoms with Crippen LogP contribution in [0.5, 0.6) is 0 Å². The van der Waals surface area contributed by atoms with Crippen molar-refractivity contribution >= 4 is 23.6 Å². The molecule has 238 valence electrons. The summed E-state index contributed by atoms with van der Waals surface area (Å²) < 4.78 is 3.88. The number of urea groups is 1. The van der Waals surface area contributed by atoms with E-state index in [1.54, 1.807) is 29.5 Å². The lowest BCUT2D eigenvalue weighted by Crippen LogP contribution is -2.49. The molecule has 5 aromatic rings. The van der Waals surface area contributed by atoms with Gasteiger partial charge in [-0.25, -0.2) is 19.7 Å². The molecule has 1 aromatic carbocycles. The van der Waals surface area contributed by atoms with Gasteiger partial charge in [0.15, 0.2) is 5.82 Å². The van der Waals surface area contributed by atoms with Crippen molar-refractivity contribution in [2.75, 3.05) is 21.7 Å². The maximum absolute atomic E-state index is 13.7. The Hall–Kier alpha value is -5.77. The molecule has 1 aliphatic heterocycles. The zero-order valence-electron chi connectivity index (χ0n) is 26.2. The average molecular weight is 629 g/mol. The van der Waals surface area contributed by atoms with Crippen LogP contribution in [-0.4, -0.2) is 58.9 Å². The number of aromatic nitrogens is 7. The first-order valence-electron chi connectivity index (χ1n) is 15.9. The van der Waals surface area contributed by atoms with E-state index in [1.165, 1.54) is 0 Å². The number of carbonyl (C=O) groups excluding carboxylic acids is 1. The van der Waals surface area contributed by atoms with E-state index in [9.17, 15) is 10.1 Å². The first kappa shape index (κ1) is 29.9. The van der Waals surface area contributed by atoms with Crippen LogP contribution in [0.15, 0.2) is 79.6 Å². The Morgan fingerprint density at radius 2 is 1.85 bits per heavy atom. The maximum atomic E-state index is 13.7. The van der Waals surface area contributed by atoms with E-state index in [2.05, 4.69) is 41.2 Å². The van der Waals surface area contributed by atoms with Crippen molar-refractivity contribution in [2.24, 2.45) is 7.05 Å². The van der Waals surface area contributed by atoms with Crippen molar-refractivity contribution < 1.29 is 4.79 Å². The zero-order chi connectivity index (χ0) is 32.2. The number of hydrogen-bond donors (Lipinski definition) is 2. The summed E-state index contributed by atoms with van der Waals surface area (Å²) in [6.45, 7) is 2.53. The molecule has 0 saturated heterocycles. The van der Waals surface area contributed by atoms with Gasteiger partial charge in [-0.2, -0.15) is 15.3 Å². The lowest BCUT2D eigenvalue weighted by Gasteiger charge is -2.36. The highest BCUT2D eigenvalue weighted by atomic mass is 16.2. The normalized spacial score (nSPS) is 17.4. The molecule has 47 heavy (non-hydrogen) atoms. The van der Waals surface area contributed by atoms with E-state index in [0.717, 1.165) is 61.3 Å². The fourth-order valence-electron chi connectivity index (χ4n) is 6.36. The highest BCUT2D eigenvalue weighted by molar-refractivity contribution is 5.91. The molecule has 13 heteroatoms. The van der Waals surface area contributed by atoms with Gasteiger partial charge in [-0.3, -0.25) is 9.58 Å². The Labute approximate surface area is 272 Å². The number of fused-ring (bicyclic) bond motifs is 1. The molecule has 2 aliphatic rings. The number of hydrogen-bond acceptors (Lipinski definition) is 9. The van der Waals surface area contributed by atoms with Gasteiger partial charge in [0.05, 0.1) is 18.9 Å². The van der Waals surface area contributed by atoms with Gasteiger partial charge in [0.2, 0.25) is 5.95 Å². The molecule has 2 amide bonds. The topological polar surface area (TPSA) is 146 Å². The number of nitriles is 1. The largest absolute Gasteiger partial charge is 0.351 e. The van der Waals surface area contributed by atoms with Crippen LogP contribution in [0.1, 0.15) is 42.6 Å². The predicted molar refractivity (Wildman–Crippen MR) is 177 cm³/mol. The Kier molecular flexibility index (Phi) is 8.46. The number of imidazole rings is 1. The van der Waals surface area contributed by atoms with E-state index >= 15 is 0 Å². The fourth-order valence-corrected chi connectivity index (χ4v) is 6.36. The SMILES string of the molecule is Cn1cc(-c2ccc(N(C(=O)NCc3ccccc3)C3CCC(Nc4ncc(C#N)c(N5CCn6ccnc6C5)n4)CC3)nc2)cn1. The van der Waals surface area contributed by atoms with Gasteiger partial charge in [-0.15, -0.1) is 0 Å². The van der Waals surface area contributed by atoms with Crippen LogP contribution in [0, 0.1) is 11.3 Å². The van der Waals surface area contributed by atoms with Crippen LogP contribution < -0.4 is 20.4 Å². The first-order valence-corrected chi connectivity index (χ1v) is 15.9. The van der Waals surface area contributed by atoms with Gasteiger partial charge in [0.1, 0.15) is 23.3 Å². The Morgan fingerprint density at radius 3 is 2.60 bits per heavy atom. The second-order valence-corrected chi connectivity index (χ2v) is 12.0. The number of carbonyl (C=O) groups is 1. The molecule has 0 spiro atoms. The molecule has 1 saturated carbocycles. The Balaban J connectivity index is 1.04. The van der Waals surface area contributed by atoms with Gasteiger partial charge in [-0.05, 0) is 43.4 Å². The second kappa shape index (κ2) is 13.3. The summed E-state index contributed by atoms with van der Waals surface area (Å²) in [5, 5.41) is 20.7. The van der Waals surface area contributed by atoms with Crippen molar-refractivity contribution in [3.8, 4) is 17.2 Å². The molecule has 0 atom stereocenters. The number of amides is 2. The molecule has 13 nitrogen and oxygen atoms in total. The molecule has 0 radical (unpaired) electrons. The fraction of sp³-hybridized carbons (Fsp3) is 0.324. The summed E-state index contributed by atoms with van der Waals surface area (Å²) in [5.74, 6) is 2.68. The number of pyridine rings is 1. The summed E-state index contributed by atoms with van der Waals surface area (Å²) in [6, 6.07) is 16.0. The second-order valence-electron chi connectivity index (χ2n) is 12.0. The minimum Gasteiger partial charge on any atom is -0.351 e. The molecule has 1 aliphatic carbocycles. The molecule has 4 aromatic heterocycles. The highest BCUT2D eigenvalue weighted by Gasteiger charge is 2.31. The molecular formula is C34H36N12O. The van der Waals surface area contributed by atoms with Gasteiger partial charge in [0, 0.05) is 74.7 Å². The standard InChI is InChI=1S/C34H36N12O/c1-43-22-27(21-40-43)25-7-12-30(37-19-25)46(34(47)39-18-24-5-3-2-4-6-24)29-10-8-28(9-11-29)41-33-38-20-26(17-35)32(42-33)45-16-15-44-14-13-36-31(44)23-45/h2-7,12-14,19-22,28-29H,8-11,15-16,18,23H2,1H3,(H,39,47)(H,38,41,42). The summed E-state index contributed by atoms with van der Waals surface area (Å²) in [6.07, 6.45) is 14.1. The third-order valence-corrected chi connectivity index (χ3v) is 8.87. The molecule has 5 heterocycles. The van der Waals surface area contributed by atoms with Crippen LogP contribution >= 0.6 is 0 Å². The third kappa shape index (κ3) is 6.62. The van der Waals surface area contributed by atoms with Gasteiger partial charge in [0.25, 0.3) is 0 Å². The number of benzene rings is 1. The minimum atomic E-state index is -0.172. The van der Waals surface area contributed by atoms with Crippen molar-refractivity contribution in [1.82, 2.24) is 39.6 Å².